The molecule has 86 valence electrons. The van der Waals surface area contributed by atoms with Crippen LogP contribution in [0.25, 0.3) is 10.8 Å². The molecular formula is C12H9NO4. The van der Waals surface area contributed by atoms with E-state index in [1.807, 2.05) is 0 Å². The van der Waals surface area contributed by atoms with E-state index >= 15 is 0 Å². The first-order valence-corrected chi connectivity index (χ1v) is 4.79. The Kier molecular flexibility index (Phi) is 2.44. The third-order valence-corrected chi connectivity index (χ3v) is 2.48. The summed E-state index contributed by atoms with van der Waals surface area (Å²) in [6, 6.07) is 7.28. The summed E-state index contributed by atoms with van der Waals surface area (Å²) in [5.74, 6) is -2.19. The van der Waals surface area contributed by atoms with Crippen LogP contribution in [0.15, 0.2) is 30.3 Å². The Morgan fingerprint density at radius 1 is 1.06 bits per heavy atom. The second-order valence-corrected chi connectivity index (χ2v) is 3.58. The lowest BCUT2D eigenvalue weighted by Gasteiger charge is -2.07. The standard InChI is InChI=1S/C12H9NO4/c13-9-5-7(11(14)15)4-6-2-1-3-8(10(6)9)12(16)17/h1-5H,13H2,(H,14,15)(H,16,17). The molecule has 0 saturated carbocycles. The first kappa shape index (κ1) is 10.9. The van der Waals surface area contributed by atoms with E-state index in [4.69, 9.17) is 15.9 Å². The highest BCUT2D eigenvalue weighted by Crippen LogP contribution is 2.27. The number of rotatable bonds is 2. The first-order valence-electron chi connectivity index (χ1n) is 4.79. The van der Waals surface area contributed by atoms with Gasteiger partial charge in [-0.3, -0.25) is 0 Å². The van der Waals surface area contributed by atoms with Crippen molar-refractivity contribution in [2.45, 2.75) is 0 Å². The van der Waals surface area contributed by atoms with E-state index in [2.05, 4.69) is 0 Å². The van der Waals surface area contributed by atoms with Crippen molar-refractivity contribution in [1.29, 1.82) is 0 Å². The lowest BCUT2D eigenvalue weighted by molar-refractivity contribution is 0.0688. The zero-order chi connectivity index (χ0) is 12.6. The number of hydrogen-bond acceptors (Lipinski definition) is 3. The Labute approximate surface area is 96.1 Å². The highest BCUT2D eigenvalue weighted by molar-refractivity contribution is 6.10. The molecule has 0 amide bonds. The topological polar surface area (TPSA) is 101 Å². The van der Waals surface area contributed by atoms with Crippen molar-refractivity contribution in [3.05, 3.63) is 41.5 Å². The largest absolute Gasteiger partial charge is 0.478 e. The van der Waals surface area contributed by atoms with E-state index < -0.39 is 11.9 Å². The summed E-state index contributed by atoms with van der Waals surface area (Å²) in [7, 11) is 0. The summed E-state index contributed by atoms with van der Waals surface area (Å²) < 4.78 is 0. The summed E-state index contributed by atoms with van der Waals surface area (Å²) in [5, 5.41) is 18.8. The molecule has 0 unspecified atom stereocenters. The van der Waals surface area contributed by atoms with Gasteiger partial charge in [0.05, 0.1) is 11.1 Å². The Bertz CT molecular complexity index is 634. The first-order chi connectivity index (χ1) is 8.00. The van der Waals surface area contributed by atoms with Gasteiger partial charge in [-0.25, -0.2) is 9.59 Å². The van der Waals surface area contributed by atoms with Gasteiger partial charge in [0.1, 0.15) is 0 Å². The van der Waals surface area contributed by atoms with Crippen molar-refractivity contribution in [3.8, 4) is 0 Å². The fourth-order valence-electron chi connectivity index (χ4n) is 1.76. The van der Waals surface area contributed by atoms with Gasteiger partial charge in [0.25, 0.3) is 0 Å². The van der Waals surface area contributed by atoms with E-state index in [1.54, 1.807) is 12.1 Å². The van der Waals surface area contributed by atoms with Crippen molar-refractivity contribution >= 4 is 28.4 Å². The van der Waals surface area contributed by atoms with Crippen molar-refractivity contribution in [1.82, 2.24) is 0 Å². The zero-order valence-electron chi connectivity index (χ0n) is 8.68. The maximum absolute atomic E-state index is 11.0. The van der Waals surface area contributed by atoms with Crippen LogP contribution >= 0.6 is 0 Å². The van der Waals surface area contributed by atoms with Crippen LogP contribution in [0.2, 0.25) is 0 Å². The third-order valence-electron chi connectivity index (χ3n) is 2.48. The van der Waals surface area contributed by atoms with Crippen molar-refractivity contribution in [2.75, 3.05) is 5.73 Å². The number of anilines is 1. The van der Waals surface area contributed by atoms with Gasteiger partial charge >= 0.3 is 11.9 Å². The molecule has 0 bridgehead atoms. The van der Waals surface area contributed by atoms with Crippen LogP contribution in [-0.4, -0.2) is 22.2 Å². The van der Waals surface area contributed by atoms with Gasteiger partial charge in [-0.1, -0.05) is 12.1 Å². The quantitative estimate of drug-likeness (QED) is 0.684. The van der Waals surface area contributed by atoms with Gasteiger partial charge in [0, 0.05) is 11.1 Å². The average molecular weight is 231 g/mol. The molecule has 2 rings (SSSR count). The maximum Gasteiger partial charge on any atom is 0.336 e. The molecule has 0 heterocycles. The average Bonchev–Trinajstić information content (AvgIpc) is 2.27. The summed E-state index contributed by atoms with van der Waals surface area (Å²) in [4.78, 5) is 21.9. The number of nitrogen functional groups attached to an aromatic ring is 1. The molecule has 0 fully saturated rings. The Hall–Kier alpha value is -2.56. The number of carbonyl (C=O) groups is 2. The molecule has 0 aliphatic rings. The Morgan fingerprint density at radius 3 is 2.35 bits per heavy atom. The fraction of sp³-hybridized carbons (Fsp3) is 0. The van der Waals surface area contributed by atoms with Crippen LogP contribution in [0.3, 0.4) is 0 Å². The van der Waals surface area contributed by atoms with Crippen LogP contribution < -0.4 is 5.73 Å². The number of nitrogens with two attached hydrogens (primary N) is 1. The van der Waals surface area contributed by atoms with Crippen molar-refractivity contribution in [2.24, 2.45) is 0 Å². The second kappa shape index (κ2) is 3.79. The van der Waals surface area contributed by atoms with E-state index in [0.29, 0.717) is 10.8 Å². The summed E-state index contributed by atoms with van der Waals surface area (Å²) in [6.07, 6.45) is 0. The monoisotopic (exact) mass is 231 g/mol. The number of fused-ring (bicyclic) bond motifs is 1. The van der Waals surface area contributed by atoms with Gasteiger partial charge < -0.3 is 15.9 Å². The number of aromatic carboxylic acids is 2. The number of benzene rings is 2. The third kappa shape index (κ3) is 1.78. The SMILES string of the molecule is Nc1cc(C(=O)O)cc2cccc(C(=O)O)c12. The van der Waals surface area contributed by atoms with Gasteiger partial charge in [-0.15, -0.1) is 0 Å². The van der Waals surface area contributed by atoms with Crippen molar-refractivity contribution in [3.63, 3.8) is 0 Å². The number of hydrogen-bond donors (Lipinski definition) is 3. The fourth-order valence-corrected chi connectivity index (χ4v) is 1.76. The molecule has 0 aliphatic heterocycles. The molecule has 0 spiro atoms. The molecule has 0 radical (unpaired) electrons. The van der Waals surface area contributed by atoms with Gasteiger partial charge in [0.15, 0.2) is 0 Å². The van der Waals surface area contributed by atoms with Crippen LogP contribution in [0.1, 0.15) is 20.7 Å². The normalized spacial score (nSPS) is 10.4. The summed E-state index contributed by atoms with van der Waals surface area (Å²) >= 11 is 0. The second-order valence-electron chi connectivity index (χ2n) is 3.58. The molecular weight excluding hydrogens is 222 g/mol. The predicted molar refractivity (Wildman–Crippen MR) is 62.3 cm³/mol. The summed E-state index contributed by atoms with van der Waals surface area (Å²) in [5.41, 5.74) is 5.96. The minimum absolute atomic E-state index is 0.0394. The molecule has 5 heteroatoms. The molecule has 0 aliphatic carbocycles. The van der Waals surface area contributed by atoms with Gasteiger partial charge in [-0.2, -0.15) is 0 Å². The Balaban J connectivity index is 2.85. The molecule has 0 aromatic heterocycles. The van der Waals surface area contributed by atoms with E-state index in [-0.39, 0.29) is 16.8 Å². The van der Waals surface area contributed by atoms with Crippen LogP contribution in [-0.2, 0) is 0 Å². The summed E-state index contributed by atoms with van der Waals surface area (Å²) in [6.45, 7) is 0. The van der Waals surface area contributed by atoms with E-state index in [0.717, 1.165) is 0 Å². The van der Waals surface area contributed by atoms with Gasteiger partial charge in [-0.05, 0) is 23.6 Å². The van der Waals surface area contributed by atoms with Crippen molar-refractivity contribution < 1.29 is 19.8 Å². The highest BCUT2D eigenvalue weighted by atomic mass is 16.4. The predicted octanol–water partition coefficient (Wildman–Crippen LogP) is 1.82. The minimum Gasteiger partial charge on any atom is -0.478 e. The lowest BCUT2D eigenvalue weighted by Crippen LogP contribution is -2.03. The molecule has 17 heavy (non-hydrogen) atoms. The van der Waals surface area contributed by atoms with E-state index in [1.165, 1.54) is 18.2 Å². The Morgan fingerprint density at radius 2 is 1.76 bits per heavy atom. The molecule has 0 atom stereocenters. The van der Waals surface area contributed by atoms with E-state index in [9.17, 15) is 9.59 Å². The van der Waals surface area contributed by atoms with Gasteiger partial charge in [0.2, 0.25) is 0 Å². The van der Waals surface area contributed by atoms with Crippen LogP contribution in [0, 0.1) is 0 Å². The molecule has 2 aromatic carbocycles. The number of carboxylic acid groups (broad SMARTS) is 2. The molecule has 4 N–H and O–H groups in total. The smallest absolute Gasteiger partial charge is 0.336 e. The minimum atomic E-state index is -1.10. The molecule has 0 saturated heterocycles. The molecule has 5 nitrogen and oxygen atoms in total. The van der Waals surface area contributed by atoms with Crippen LogP contribution in [0.5, 0.6) is 0 Å². The zero-order valence-corrected chi connectivity index (χ0v) is 8.68. The molecule has 2 aromatic rings. The van der Waals surface area contributed by atoms with Crippen LogP contribution in [0.4, 0.5) is 5.69 Å². The lowest BCUT2D eigenvalue weighted by atomic mass is 10.0. The highest BCUT2D eigenvalue weighted by Gasteiger charge is 2.13. The maximum atomic E-state index is 11.0. The number of carboxylic acids is 2.